The molecular formula is C45H42BNS. The van der Waals surface area contributed by atoms with Gasteiger partial charge in [-0.15, -0.1) is 0 Å². The Labute approximate surface area is 291 Å². The maximum Gasteiger partial charge on any atom is 0.249 e. The van der Waals surface area contributed by atoms with Crippen LogP contribution < -0.4 is 21.3 Å². The maximum atomic E-state index is 2.67. The van der Waals surface area contributed by atoms with E-state index >= 15 is 0 Å². The minimum atomic E-state index is 0.160. The fraction of sp³-hybridized carbons (Fsp3) is 0.200. The van der Waals surface area contributed by atoms with E-state index in [4.69, 9.17) is 0 Å². The number of rotatable bonds is 6. The molecule has 0 aliphatic carbocycles. The lowest BCUT2D eigenvalue weighted by Gasteiger charge is -2.43. The molecule has 8 rings (SSSR count). The summed E-state index contributed by atoms with van der Waals surface area (Å²) >= 11 is 1.93. The second-order valence-corrected chi connectivity index (χ2v) is 15.4. The van der Waals surface area contributed by atoms with E-state index in [-0.39, 0.29) is 6.71 Å². The quantitative estimate of drug-likeness (QED) is 0.167. The summed E-state index contributed by atoms with van der Waals surface area (Å²) in [6, 6.07) is 48.0. The third kappa shape index (κ3) is 5.11. The molecule has 0 bridgehead atoms. The molecule has 0 saturated heterocycles. The molecule has 0 spiro atoms. The molecular weight excluding hydrogens is 597 g/mol. The minimum absolute atomic E-state index is 0.160. The number of anilines is 3. The first-order valence-electron chi connectivity index (χ1n) is 17.5. The van der Waals surface area contributed by atoms with Crippen molar-refractivity contribution >= 4 is 51.9 Å². The summed E-state index contributed by atoms with van der Waals surface area (Å²) < 4.78 is 0. The number of hydrogen-bond acceptors (Lipinski definition) is 2. The van der Waals surface area contributed by atoms with Crippen LogP contribution in [0.5, 0.6) is 0 Å². The van der Waals surface area contributed by atoms with E-state index in [1.807, 2.05) is 11.8 Å². The average Bonchev–Trinajstić information content (AvgIpc) is 3.11. The van der Waals surface area contributed by atoms with Gasteiger partial charge in [-0.2, -0.15) is 0 Å². The predicted octanol–water partition coefficient (Wildman–Crippen LogP) is 11.2. The molecule has 0 saturated carbocycles. The van der Waals surface area contributed by atoms with Crippen molar-refractivity contribution in [3.63, 3.8) is 0 Å². The molecule has 0 aromatic heterocycles. The zero-order valence-corrected chi connectivity index (χ0v) is 29.6. The van der Waals surface area contributed by atoms with E-state index in [2.05, 4.69) is 174 Å². The molecule has 0 radical (unpaired) electrons. The summed E-state index contributed by atoms with van der Waals surface area (Å²) in [5.74, 6) is 1.18. The van der Waals surface area contributed by atoms with E-state index in [9.17, 15) is 0 Å². The highest BCUT2D eigenvalue weighted by atomic mass is 32.2. The van der Waals surface area contributed by atoms with Gasteiger partial charge in [0.25, 0.3) is 0 Å². The molecule has 0 N–H and O–H groups in total. The topological polar surface area (TPSA) is 3.24 Å². The van der Waals surface area contributed by atoms with Crippen LogP contribution >= 0.6 is 11.8 Å². The molecule has 236 valence electrons. The highest BCUT2D eigenvalue weighted by molar-refractivity contribution is 8.00. The van der Waals surface area contributed by atoms with Gasteiger partial charge in [-0.1, -0.05) is 162 Å². The third-order valence-corrected chi connectivity index (χ3v) is 11.4. The summed E-state index contributed by atoms with van der Waals surface area (Å²) in [5, 5.41) is 0. The molecule has 3 heteroatoms. The molecule has 1 nitrogen and oxygen atoms in total. The molecule has 48 heavy (non-hydrogen) atoms. The maximum absolute atomic E-state index is 2.67. The summed E-state index contributed by atoms with van der Waals surface area (Å²) in [6.07, 6.45) is 0. The smallest absolute Gasteiger partial charge is 0.249 e. The Hall–Kier alpha value is -4.47. The first-order valence-corrected chi connectivity index (χ1v) is 18.3. The van der Waals surface area contributed by atoms with Gasteiger partial charge in [0.1, 0.15) is 0 Å². The monoisotopic (exact) mass is 639 g/mol. The van der Waals surface area contributed by atoms with Gasteiger partial charge in [0, 0.05) is 21.2 Å². The molecule has 0 atom stereocenters. The molecule has 2 heterocycles. The van der Waals surface area contributed by atoms with Crippen LogP contribution in [0.1, 0.15) is 76.0 Å². The Morgan fingerprint density at radius 3 is 1.69 bits per heavy atom. The number of fused-ring (bicyclic) bond motifs is 4. The molecule has 6 aromatic carbocycles. The predicted molar refractivity (Wildman–Crippen MR) is 209 cm³/mol. The lowest BCUT2D eigenvalue weighted by molar-refractivity contribution is 0.803. The standard InChI is InChI=1S/C45H42BNS/c1-28(2)34-23-36(29(3)4)45(37(24-34)30(5)6)47-40-25-33(31-15-9-7-10-16-31)21-22-38(40)46-39-19-13-14-20-42(39)48-43-27-35(26-41(47)44(43)46)32-17-11-8-12-18-32/h7-30H,1-6H3. The van der Waals surface area contributed by atoms with Gasteiger partial charge in [-0.25, -0.2) is 0 Å². The van der Waals surface area contributed by atoms with Crippen molar-refractivity contribution in [2.75, 3.05) is 4.90 Å². The SMILES string of the molecule is CC(C)c1cc(C(C)C)c(N2c3cc(-c4ccccc4)ccc3B3c4ccccc4Sc4cc(-c5ccccc5)cc2c43)c(C(C)C)c1. The van der Waals surface area contributed by atoms with E-state index in [1.165, 1.54) is 82.2 Å². The minimum Gasteiger partial charge on any atom is -0.311 e. The number of benzene rings is 6. The van der Waals surface area contributed by atoms with Crippen molar-refractivity contribution in [1.29, 1.82) is 0 Å². The first-order chi connectivity index (χ1) is 23.3. The summed E-state index contributed by atoms with van der Waals surface area (Å²) in [7, 11) is 0. The lowest BCUT2D eigenvalue weighted by atomic mass is 9.34. The van der Waals surface area contributed by atoms with Crippen molar-refractivity contribution in [2.24, 2.45) is 0 Å². The van der Waals surface area contributed by atoms with Gasteiger partial charge in [0.2, 0.25) is 6.71 Å². The van der Waals surface area contributed by atoms with Crippen LogP contribution in [0, 0.1) is 0 Å². The van der Waals surface area contributed by atoms with Crippen LogP contribution in [0.25, 0.3) is 22.3 Å². The molecule has 0 fully saturated rings. The number of hydrogen-bond donors (Lipinski definition) is 0. The third-order valence-electron chi connectivity index (χ3n) is 10.2. The Kier molecular flexibility index (Phi) is 7.84. The van der Waals surface area contributed by atoms with Crippen molar-refractivity contribution in [1.82, 2.24) is 0 Å². The van der Waals surface area contributed by atoms with Crippen LogP contribution in [0.2, 0.25) is 0 Å². The second-order valence-electron chi connectivity index (χ2n) is 14.3. The summed E-state index contributed by atoms with van der Waals surface area (Å²) in [4.78, 5) is 5.38. The molecule has 0 amide bonds. The molecule has 2 aliphatic rings. The summed E-state index contributed by atoms with van der Waals surface area (Å²) in [5.41, 5.74) is 17.4. The van der Waals surface area contributed by atoms with Gasteiger partial charge in [0.15, 0.2) is 0 Å². The van der Waals surface area contributed by atoms with Crippen LogP contribution in [0.4, 0.5) is 17.1 Å². The molecule has 6 aromatic rings. The Bertz CT molecular complexity index is 2120. The van der Waals surface area contributed by atoms with Crippen LogP contribution in [0.3, 0.4) is 0 Å². The van der Waals surface area contributed by atoms with E-state index < -0.39 is 0 Å². The summed E-state index contributed by atoms with van der Waals surface area (Å²) in [6.45, 7) is 14.3. The largest absolute Gasteiger partial charge is 0.311 e. The van der Waals surface area contributed by atoms with Gasteiger partial charge in [-0.05, 0) is 91.9 Å². The van der Waals surface area contributed by atoms with Crippen LogP contribution in [-0.2, 0) is 0 Å². The van der Waals surface area contributed by atoms with Gasteiger partial charge < -0.3 is 4.90 Å². The Morgan fingerprint density at radius 1 is 0.479 bits per heavy atom. The lowest BCUT2D eigenvalue weighted by Crippen LogP contribution is -2.60. The normalized spacial score (nSPS) is 13.2. The van der Waals surface area contributed by atoms with Gasteiger partial charge >= 0.3 is 0 Å². The number of nitrogens with zero attached hydrogens (tertiary/aromatic N) is 1. The molecule has 2 aliphatic heterocycles. The van der Waals surface area contributed by atoms with Crippen molar-refractivity contribution in [3.8, 4) is 22.3 Å². The van der Waals surface area contributed by atoms with Crippen molar-refractivity contribution in [3.05, 3.63) is 144 Å². The van der Waals surface area contributed by atoms with Crippen molar-refractivity contribution in [2.45, 2.75) is 69.1 Å². The van der Waals surface area contributed by atoms with Crippen LogP contribution in [-0.4, -0.2) is 6.71 Å². The Morgan fingerprint density at radius 2 is 1.06 bits per heavy atom. The van der Waals surface area contributed by atoms with Gasteiger partial charge in [0.05, 0.1) is 5.69 Å². The van der Waals surface area contributed by atoms with Crippen LogP contribution in [0.15, 0.2) is 137 Å². The zero-order valence-electron chi connectivity index (χ0n) is 28.8. The fourth-order valence-corrected chi connectivity index (χ4v) is 8.92. The first kappa shape index (κ1) is 30.8. The highest BCUT2D eigenvalue weighted by Gasteiger charge is 2.42. The second kappa shape index (κ2) is 12.2. The Balaban J connectivity index is 1.51. The van der Waals surface area contributed by atoms with Crippen molar-refractivity contribution < 1.29 is 0 Å². The van der Waals surface area contributed by atoms with E-state index in [0.717, 1.165) is 0 Å². The van der Waals surface area contributed by atoms with E-state index in [0.29, 0.717) is 17.8 Å². The highest BCUT2D eigenvalue weighted by Crippen LogP contribution is 2.49. The van der Waals surface area contributed by atoms with E-state index in [1.54, 1.807) is 0 Å². The van der Waals surface area contributed by atoms with Gasteiger partial charge in [-0.3, -0.25) is 0 Å². The average molecular weight is 640 g/mol. The fourth-order valence-electron chi connectivity index (χ4n) is 7.72. The molecule has 0 unspecified atom stereocenters. The zero-order chi connectivity index (χ0) is 33.1.